The van der Waals surface area contributed by atoms with E-state index in [1.54, 1.807) is 23.1 Å². The molecule has 3 amide bonds. The third kappa shape index (κ3) is 4.21. The summed E-state index contributed by atoms with van der Waals surface area (Å²) in [5.74, 6) is -0.430. The summed E-state index contributed by atoms with van der Waals surface area (Å²) in [7, 11) is 1.30. The minimum absolute atomic E-state index is 0.0398. The molecule has 2 N–H and O–H groups in total. The number of nitrogens with one attached hydrogen (secondary N) is 2. The number of hydrogen-bond donors (Lipinski definition) is 2. The van der Waals surface area contributed by atoms with Crippen LogP contribution in [-0.2, 0) is 9.53 Å². The molecule has 1 aromatic rings. The van der Waals surface area contributed by atoms with Gasteiger partial charge in [-0.15, -0.1) is 0 Å². The number of methoxy groups -OCH3 is 1. The van der Waals surface area contributed by atoms with E-state index in [0.717, 1.165) is 0 Å². The summed E-state index contributed by atoms with van der Waals surface area (Å²) in [6.07, 6.45) is 0.299. The SMILES string of the molecule is COC(=O)c1cccc(NC(=O)NC2CC(=O)N(C(C)C)C2)c1. The topological polar surface area (TPSA) is 87.7 Å². The van der Waals surface area contributed by atoms with E-state index in [1.165, 1.54) is 13.2 Å². The summed E-state index contributed by atoms with van der Waals surface area (Å²) >= 11 is 0. The Labute approximate surface area is 135 Å². The van der Waals surface area contributed by atoms with Crippen LogP contribution in [0.2, 0.25) is 0 Å². The number of carbonyl (C=O) groups excluding carboxylic acids is 3. The van der Waals surface area contributed by atoms with E-state index in [0.29, 0.717) is 24.2 Å². The second kappa shape index (κ2) is 7.13. The van der Waals surface area contributed by atoms with Gasteiger partial charge in [-0.25, -0.2) is 9.59 Å². The van der Waals surface area contributed by atoms with E-state index >= 15 is 0 Å². The first kappa shape index (κ1) is 16.8. The van der Waals surface area contributed by atoms with Crippen molar-refractivity contribution in [2.45, 2.75) is 32.4 Å². The van der Waals surface area contributed by atoms with E-state index in [-0.39, 0.29) is 18.0 Å². The largest absolute Gasteiger partial charge is 0.465 e. The number of amides is 3. The van der Waals surface area contributed by atoms with Crippen molar-refractivity contribution >= 4 is 23.6 Å². The standard InChI is InChI=1S/C16H21N3O4/c1-10(2)19-9-13(8-14(19)20)18-16(22)17-12-6-4-5-11(7-12)15(21)23-3/h4-7,10,13H,8-9H2,1-3H3,(H2,17,18,22). The third-order valence-electron chi connectivity index (χ3n) is 3.66. The second-order valence-corrected chi connectivity index (χ2v) is 5.71. The van der Waals surface area contributed by atoms with Gasteiger partial charge in [0.15, 0.2) is 0 Å². The number of carbonyl (C=O) groups is 3. The first-order valence-electron chi connectivity index (χ1n) is 7.46. The number of ether oxygens (including phenoxy) is 1. The number of likely N-dealkylation sites (tertiary alicyclic amines) is 1. The van der Waals surface area contributed by atoms with Gasteiger partial charge in [-0.3, -0.25) is 4.79 Å². The molecule has 1 atom stereocenters. The van der Waals surface area contributed by atoms with Crippen LogP contribution in [0.4, 0.5) is 10.5 Å². The first-order valence-corrected chi connectivity index (χ1v) is 7.46. The predicted molar refractivity (Wildman–Crippen MR) is 85.2 cm³/mol. The lowest BCUT2D eigenvalue weighted by molar-refractivity contribution is -0.129. The quantitative estimate of drug-likeness (QED) is 0.825. The number of anilines is 1. The van der Waals surface area contributed by atoms with Crippen LogP contribution in [0, 0.1) is 0 Å². The predicted octanol–water partition coefficient (Wildman–Crippen LogP) is 1.60. The molecule has 1 aliphatic rings. The molecule has 0 bridgehead atoms. The average Bonchev–Trinajstić information content (AvgIpc) is 2.87. The van der Waals surface area contributed by atoms with Crippen LogP contribution in [0.25, 0.3) is 0 Å². The molecule has 0 aliphatic carbocycles. The summed E-state index contributed by atoms with van der Waals surface area (Å²) in [5.41, 5.74) is 0.836. The fourth-order valence-electron chi connectivity index (χ4n) is 2.52. The van der Waals surface area contributed by atoms with E-state index in [1.807, 2.05) is 13.8 Å². The summed E-state index contributed by atoms with van der Waals surface area (Å²) in [4.78, 5) is 37.1. The summed E-state index contributed by atoms with van der Waals surface area (Å²) < 4.78 is 4.64. The molecule has 1 unspecified atom stereocenters. The van der Waals surface area contributed by atoms with Crippen LogP contribution in [0.15, 0.2) is 24.3 Å². The van der Waals surface area contributed by atoms with Crippen LogP contribution in [0.1, 0.15) is 30.6 Å². The van der Waals surface area contributed by atoms with Gasteiger partial charge in [0.25, 0.3) is 0 Å². The Balaban J connectivity index is 1.93. The van der Waals surface area contributed by atoms with Crippen molar-refractivity contribution in [1.82, 2.24) is 10.2 Å². The fraction of sp³-hybridized carbons (Fsp3) is 0.438. The molecular weight excluding hydrogens is 298 g/mol. The van der Waals surface area contributed by atoms with Crippen molar-refractivity contribution in [3.05, 3.63) is 29.8 Å². The second-order valence-electron chi connectivity index (χ2n) is 5.71. The van der Waals surface area contributed by atoms with Gasteiger partial charge in [0, 0.05) is 24.7 Å². The van der Waals surface area contributed by atoms with Gasteiger partial charge in [0.1, 0.15) is 0 Å². The lowest BCUT2D eigenvalue weighted by atomic mass is 10.2. The summed E-state index contributed by atoms with van der Waals surface area (Å²) in [5, 5.41) is 5.44. The Morgan fingerprint density at radius 3 is 2.70 bits per heavy atom. The first-order chi connectivity index (χ1) is 10.9. The lowest BCUT2D eigenvalue weighted by Crippen LogP contribution is -2.40. The highest BCUT2D eigenvalue weighted by atomic mass is 16.5. The molecule has 1 saturated heterocycles. The van der Waals surface area contributed by atoms with Gasteiger partial charge in [-0.2, -0.15) is 0 Å². The molecule has 124 valence electrons. The molecule has 1 aliphatic heterocycles. The Morgan fingerprint density at radius 1 is 1.35 bits per heavy atom. The zero-order valence-electron chi connectivity index (χ0n) is 13.5. The van der Waals surface area contributed by atoms with Gasteiger partial charge in [-0.05, 0) is 32.0 Å². The van der Waals surface area contributed by atoms with E-state index in [2.05, 4.69) is 15.4 Å². The highest BCUT2D eigenvalue weighted by Crippen LogP contribution is 2.15. The van der Waals surface area contributed by atoms with Crippen LogP contribution in [-0.4, -0.2) is 48.5 Å². The van der Waals surface area contributed by atoms with Crippen LogP contribution >= 0.6 is 0 Å². The van der Waals surface area contributed by atoms with Crippen LogP contribution < -0.4 is 10.6 Å². The number of benzene rings is 1. The molecule has 2 rings (SSSR count). The number of hydrogen-bond acceptors (Lipinski definition) is 4. The lowest BCUT2D eigenvalue weighted by Gasteiger charge is -2.21. The van der Waals surface area contributed by atoms with E-state index < -0.39 is 12.0 Å². The monoisotopic (exact) mass is 319 g/mol. The molecule has 23 heavy (non-hydrogen) atoms. The molecule has 1 fully saturated rings. The molecule has 0 spiro atoms. The Kier molecular flexibility index (Phi) is 5.20. The highest BCUT2D eigenvalue weighted by Gasteiger charge is 2.31. The Bertz CT molecular complexity index is 615. The summed E-state index contributed by atoms with van der Waals surface area (Å²) in [6.45, 7) is 4.39. The van der Waals surface area contributed by atoms with Gasteiger partial charge >= 0.3 is 12.0 Å². The van der Waals surface area contributed by atoms with E-state index in [9.17, 15) is 14.4 Å². The van der Waals surface area contributed by atoms with Crippen molar-refractivity contribution in [2.24, 2.45) is 0 Å². The van der Waals surface area contributed by atoms with Gasteiger partial charge in [-0.1, -0.05) is 6.07 Å². The number of rotatable bonds is 4. The minimum atomic E-state index is -0.469. The Morgan fingerprint density at radius 2 is 2.09 bits per heavy atom. The van der Waals surface area contributed by atoms with Crippen LogP contribution in [0.3, 0.4) is 0 Å². The fourth-order valence-corrected chi connectivity index (χ4v) is 2.52. The third-order valence-corrected chi connectivity index (χ3v) is 3.66. The van der Waals surface area contributed by atoms with Crippen molar-refractivity contribution in [1.29, 1.82) is 0 Å². The van der Waals surface area contributed by atoms with Gasteiger partial charge in [0.2, 0.25) is 5.91 Å². The number of esters is 1. The number of nitrogens with zero attached hydrogens (tertiary/aromatic N) is 1. The van der Waals surface area contributed by atoms with Crippen molar-refractivity contribution in [3.63, 3.8) is 0 Å². The molecule has 1 heterocycles. The maximum absolute atomic E-state index is 12.0. The maximum atomic E-state index is 12.0. The summed E-state index contributed by atoms with van der Waals surface area (Å²) in [6, 6.07) is 5.96. The number of urea groups is 1. The smallest absolute Gasteiger partial charge is 0.337 e. The van der Waals surface area contributed by atoms with Crippen LogP contribution in [0.5, 0.6) is 0 Å². The maximum Gasteiger partial charge on any atom is 0.337 e. The Hall–Kier alpha value is -2.57. The van der Waals surface area contributed by atoms with Crippen molar-refractivity contribution in [3.8, 4) is 0 Å². The highest BCUT2D eigenvalue weighted by molar-refractivity contribution is 5.94. The van der Waals surface area contributed by atoms with Crippen molar-refractivity contribution in [2.75, 3.05) is 19.0 Å². The minimum Gasteiger partial charge on any atom is -0.465 e. The van der Waals surface area contributed by atoms with E-state index in [4.69, 9.17) is 0 Å². The molecule has 0 radical (unpaired) electrons. The van der Waals surface area contributed by atoms with Crippen molar-refractivity contribution < 1.29 is 19.1 Å². The molecule has 7 nitrogen and oxygen atoms in total. The molecule has 7 heteroatoms. The van der Waals surface area contributed by atoms with Gasteiger partial charge in [0.05, 0.1) is 18.7 Å². The average molecular weight is 319 g/mol. The molecule has 0 aromatic heterocycles. The molecule has 0 saturated carbocycles. The molecular formula is C16H21N3O4. The molecule has 1 aromatic carbocycles. The van der Waals surface area contributed by atoms with Gasteiger partial charge < -0.3 is 20.3 Å². The zero-order valence-corrected chi connectivity index (χ0v) is 13.5. The normalized spacial score (nSPS) is 17.3. The zero-order chi connectivity index (χ0) is 17.0.